The SMILES string of the molecule is CNC(C)c1cc(Br)ccc1N1CCCN(CCO)CC1. The molecule has 5 heteroatoms. The average Bonchev–Trinajstić information content (AvgIpc) is 2.72. The Hall–Kier alpha value is -0.620. The van der Waals surface area contributed by atoms with Gasteiger partial charge in [-0.2, -0.15) is 0 Å². The molecule has 0 radical (unpaired) electrons. The molecule has 1 aliphatic heterocycles. The van der Waals surface area contributed by atoms with Gasteiger partial charge in [-0.3, -0.25) is 4.90 Å². The van der Waals surface area contributed by atoms with Gasteiger partial charge in [-0.15, -0.1) is 0 Å². The van der Waals surface area contributed by atoms with Gasteiger partial charge in [-0.25, -0.2) is 0 Å². The minimum Gasteiger partial charge on any atom is -0.395 e. The predicted molar refractivity (Wildman–Crippen MR) is 92.0 cm³/mol. The van der Waals surface area contributed by atoms with E-state index in [1.165, 1.54) is 11.3 Å². The molecule has 21 heavy (non-hydrogen) atoms. The minimum atomic E-state index is 0.250. The van der Waals surface area contributed by atoms with E-state index >= 15 is 0 Å². The molecule has 1 fully saturated rings. The zero-order valence-corrected chi connectivity index (χ0v) is 14.6. The van der Waals surface area contributed by atoms with Crippen molar-refractivity contribution in [2.24, 2.45) is 0 Å². The van der Waals surface area contributed by atoms with Crippen LogP contribution in [-0.2, 0) is 0 Å². The van der Waals surface area contributed by atoms with Crippen LogP contribution < -0.4 is 10.2 Å². The van der Waals surface area contributed by atoms with Crippen molar-refractivity contribution in [3.05, 3.63) is 28.2 Å². The third-order valence-corrected chi connectivity index (χ3v) is 4.73. The van der Waals surface area contributed by atoms with E-state index in [1.54, 1.807) is 0 Å². The lowest BCUT2D eigenvalue weighted by Gasteiger charge is -2.28. The standard InChI is InChI=1S/C16H26BrN3O/c1-13(18-2)15-12-14(17)4-5-16(15)20-7-3-6-19(8-9-20)10-11-21/h4-5,12-13,18,21H,3,6-11H2,1-2H3. The minimum absolute atomic E-state index is 0.250. The summed E-state index contributed by atoms with van der Waals surface area (Å²) in [7, 11) is 2.00. The van der Waals surface area contributed by atoms with Crippen molar-refractivity contribution >= 4 is 21.6 Å². The fraction of sp³-hybridized carbons (Fsp3) is 0.625. The Bertz CT molecular complexity index is 455. The molecule has 0 bridgehead atoms. The summed E-state index contributed by atoms with van der Waals surface area (Å²) in [5.74, 6) is 0. The van der Waals surface area contributed by atoms with E-state index < -0.39 is 0 Å². The van der Waals surface area contributed by atoms with Gasteiger partial charge in [-0.05, 0) is 50.7 Å². The van der Waals surface area contributed by atoms with E-state index in [4.69, 9.17) is 5.11 Å². The highest BCUT2D eigenvalue weighted by atomic mass is 79.9. The van der Waals surface area contributed by atoms with Crippen molar-refractivity contribution in [1.29, 1.82) is 0 Å². The Morgan fingerprint density at radius 1 is 1.29 bits per heavy atom. The van der Waals surface area contributed by atoms with Crippen LogP contribution >= 0.6 is 15.9 Å². The van der Waals surface area contributed by atoms with Crippen LogP contribution in [0.1, 0.15) is 24.9 Å². The predicted octanol–water partition coefficient (Wildman–Crippen LogP) is 2.23. The number of benzene rings is 1. The van der Waals surface area contributed by atoms with Gasteiger partial charge in [0.25, 0.3) is 0 Å². The summed E-state index contributed by atoms with van der Waals surface area (Å²) in [6.07, 6.45) is 1.14. The number of hydrogen-bond donors (Lipinski definition) is 2. The molecule has 0 amide bonds. The largest absolute Gasteiger partial charge is 0.395 e. The summed E-state index contributed by atoms with van der Waals surface area (Å²) in [5.41, 5.74) is 2.66. The monoisotopic (exact) mass is 355 g/mol. The van der Waals surface area contributed by atoms with Crippen LogP contribution in [-0.4, -0.2) is 56.4 Å². The lowest BCUT2D eigenvalue weighted by Crippen LogP contribution is -2.33. The summed E-state index contributed by atoms with van der Waals surface area (Å²) < 4.78 is 1.13. The van der Waals surface area contributed by atoms with Crippen LogP contribution in [0.2, 0.25) is 0 Å². The molecule has 1 aromatic carbocycles. The zero-order chi connectivity index (χ0) is 15.2. The molecule has 0 aliphatic carbocycles. The Kier molecular flexibility index (Phi) is 6.48. The fourth-order valence-corrected chi connectivity index (χ4v) is 3.27. The molecular formula is C16H26BrN3O. The molecule has 1 unspecified atom stereocenters. The molecule has 2 rings (SSSR count). The molecule has 1 aliphatic rings. The highest BCUT2D eigenvalue weighted by Gasteiger charge is 2.19. The van der Waals surface area contributed by atoms with Gasteiger partial charge in [-0.1, -0.05) is 15.9 Å². The van der Waals surface area contributed by atoms with Gasteiger partial charge >= 0.3 is 0 Å². The van der Waals surface area contributed by atoms with E-state index in [2.05, 4.69) is 56.2 Å². The van der Waals surface area contributed by atoms with Gasteiger partial charge in [0.2, 0.25) is 0 Å². The van der Waals surface area contributed by atoms with Crippen LogP contribution in [0, 0.1) is 0 Å². The van der Waals surface area contributed by atoms with E-state index in [0.717, 1.165) is 43.6 Å². The van der Waals surface area contributed by atoms with Gasteiger partial charge in [0.05, 0.1) is 6.61 Å². The number of nitrogens with one attached hydrogen (secondary N) is 1. The molecule has 1 aromatic rings. The Labute approximate surface area is 136 Å². The van der Waals surface area contributed by atoms with Crippen LogP contribution in [0.15, 0.2) is 22.7 Å². The first kappa shape index (κ1) is 16.7. The molecule has 0 spiro atoms. The molecule has 0 aromatic heterocycles. The Morgan fingerprint density at radius 2 is 2.10 bits per heavy atom. The summed E-state index contributed by atoms with van der Waals surface area (Å²) >= 11 is 3.58. The van der Waals surface area contributed by atoms with Gasteiger partial charge in [0, 0.05) is 42.4 Å². The zero-order valence-electron chi connectivity index (χ0n) is 13.0. The number of nitrogens with zero attached hydrogens (tertiary/aromatic N) is 2. The number of halogens is 1. The molecule has 1 heterocycles. The third-order valence-electron chi connectivity index (χ3n) is 4.23. The molecule has 1 saturated heterocycles. The summed E-state index contributed by atoms with van der Waals surface area (Å²) in [4.78, 5) is 4.83. The second-order valence-corrected chi connectivity index (χ2v) is 6.54. The average molecular weight is 356 g/mol. The van der Waals surface area contributed by atoms with E-state index in [-0.39, 0.29) is 6.61 Å². The van der Waals surface area contributed by atoms with Crippen LogP contribution in [0.25, 0.3) is 0 Å². The van der Waals surface area contributed by atoms with Crippen molar-refractivity contribution in [3.63, 3.8) is 0 Å². The second kappa shape index (κ2) is 8.13. The molecule has 2 N–H and O–H groups in total. The molecule has 0 saturated carbocycles. The number of rotatable bonds is 5. The Morgan fingerprint density at radius 3 is 2.81 bits per heavy atom. The number of aliphatic hydroxyl groups is 1. The number of hydrogen-bond acceptors (Lipinski definition) is 4. The summed E-state index contributed by atoms with van der Waals surface area (Å²) in [6, 6.07) is 6.88. The van der Waals surface area contributed by atoms with Crippen molar-refractivity contribution in [2.45, 2.75) is 19.4 Å². The molecule has 4 nitrogen and oxygen atoms in total. The smallest absolute Gasteiger partial charge is 0.0558 e. The Balaban J connectivity index is 2.17. The maximum absolute atomic E-state index is 9.10. The highest BCUT2D eigenvalue weighted by Crippen LogP contribution is 2.30. The second-order valence-electron chi connectivity index (χ2n) is 5.62. The van der Waals surface area contributed by atoms with E-state index in [9.17, 15) is 0 Å². The number of anilines is 1. The van der Waals surface area contributed by atoms with Crippen LogP contribution in [0.5, 0.6) is 0 Å². The van der Waals surface area contributed by atoms with Crippen molar-refractivity contribution in [3.8, 4) is 0 Å². The lowest BCUT2D eigenvalue weighted by molar-refractivity contribution is 0.204. The van der Waals surface area contributed by atoms with Crippen LogP contribution in [0.4, 0.5) is 5.69 Å². The van der Waals surface area contributed by atoms with Gasteiger partial charge in [0.15, 0.2) is 0 Å². The number of aliphatic hydroxyl groups excluding tert-OH is 1. The van der Waals surface area contributed by atoms with Gasteiger partial charge in [0.1, 0.15) is 0 Å². The quantitative estimate of drug-likeness (QED) is 0.849. The fourth-order valence-electron chi connectivity index (χ4n) is 2.89. The maximum atomic E-state index is 9.10. The van der Waals surface area contributed by atoms with Crippen LogP contribution in [0.3, 0.4) is 0 Å². The number of β-amino-alcohol motifs (C(OH)–C–C–N with tert-alkyl or cyclic N) is 1. The van der Waals surface area contributed by atoms with E-state index in [0.29, 0.717) is 6.04 Å². The normalized spacial score (nSPS) is 18.6. The lowest BCUT2D eigenvalue weighted by atomic mass is 10.1. The molecular weight excluding hydrogens is 330 g/mol. The third kappa shape index (κ3) is 4.42. The maximum Gasteiger partial charge on any atom is 0.0558 e. The van der Waals surface area contributed by atoms with Crippen molar-refractivity contribution < 1.29 is 5.11 Å². The highest BCUT2D eigenvalue weighted by molar-refractivity contribution is 9.10. The van der Waals surface area contributed by atoms with Crippen molar-refractivity contribution in [1.82, 2.24) is 10.2 Å². The first-order chi connectivity index (χ1) is 10.2. The molecule has 118 valence electrons. The summed E-state index contributed by atoms with van der Waals surface area (Å²) in [6.45, 7) is 7.42. The topological polar surface area (TPSA) is 38.7 Å². The van der Waals surface area contributed by atoms with E-state index in [1.807, 2.05) is 7.05 Å². The summed E-state index contributed by atoms with van der Waals surface area (Å²) in [5, 5.41) is 12.4. The first-order valence-corrected chi connectivity index (χ1v) is 8.50. The van der Waals surface area contributed by atoms with Crippen molar-refractivity contribution in [2.75, 3.05) is 51.3 Å². The van der Waals surface area contributed by atoms with Gasteiger partial charge < -0.3 is 15.3 Å². The first-order valence-electron chi connectivity index (χ1n) is 7.70. The molecule has 1 atom stereocenters.